The van der Waals surface area contributed by atoms with Gasteiger partial charge in [-0.3, -0.25) is 13.8 Å². The SMILES string of the molecule is CS(=O)CCCNC(=O)C(CCC(=O)O)NC(=O)OCC1c2ccccc2-c2ccccc21. The van der Waals surface area contributed by atoms with Gasteiger partial charge in [-0.25, -0.2) is 4.79 Å². The van der Waals surface area contributed by atoms with E-state index in [1.165, 1.54) is 0 Å². The smallest absolute Gasteiger partial charge is 0.407 e. The molecule has 0 saturated heterocycles. The quantitative estimate of drug-likeness (QED) is 0.432. The van der Waals surface area contributed by atoms with Gasteiger partial charge in [-0.05, 0) is 35.1 Å². The van der Waals surface area contributed by atoms with Gasteiger partial charge in [0, 0.05) is 41.7 Å². The van der Waals surface area contributed by atoms with E-state index in [1.807, 2.05) is 48.5 Å². The predicted molar refractivity (Wildman–Crippen MR) is 125 cm³/mol. The molecule has 1 aliphatic rings. The molecule has 176 valence electrons. The molecule has 2 aromatic rings. The maximum Gasteiger partial charge on any atom is 0.407 e. The molecule has 9 heteroatoms. The monoisotopic (exact) mass is 472 g/mol. The Bertz CT molecular complexity index is 996. The normalized spacial score (nSPS) is 14.0. The Morgan fingerprint density at radius 2 is 1.67 bits per heavy atom. The largest absolute Gasteiger partial charge is 0.481 e. The molecule has 2 unspecified atom stereocenters. The number of carbonyl (C=O) groups excluding carboxylic acids is 2. The van der Waals surface area contributed by atoms with Gasteiger partial charge in [-0.15, -0.1) is 0 Å². The first-order valence-electron chi connectivity index (χ1n) is 10.8. The molecule has 0 spiro atoms. The Hall–Kier alpha value is -3.20. The highest BCUT2D eigenvalue weighted by Gasteiger charge is 2.29. The molecule has 3 rings (SSSR count). The van der Waals surface area contributed by atoms with Gasteiger partial charge in [0.05, 0.1) is 0 Å². The van der Waals surface area contributed by atoms with Gasteiger partial charge in [0.2, 0.25) is 5.91 Å². The molecule has 0 aromatic heterocycles. The van der Waals surface area contributed by atoms with Gasteiger partial charge in [-0.2, -0.15) is 0 Å². The lowest BCUT2D eigenvalue weighted by Crippen LogP contribution is -2.47. The van der Waals surface area contributed by atoms with Crippen molar-refractivity contribution in [2.24, 2.45) is 0 Å². The number of ether oxygens (including phenoxy) is 1. The first-order valence-corrected chi connectivity index (χ1v) is 12.5. The molecule has 33 heavy (non-hydrogen) atoms. The second-order valence-electron chi connectivity index (χ2n) is 7.88. The molecule has 2 amide bonds. The predicted octanol–water partition coefficient (Wildman–Crippen LogP) is 2.64. The van der Waals surface area contributed by atoms with E-state index in [1.54, 1.807) is 6.26 Å². The third kappa shape index (κ3) is 6.64. The number of amides is 2. The van der Waals surface area contributed by atoms with Crippen molar-refractivity contribution in [1.82, 2.24) is 10.6 Å². The van der Waals surface area contributed by atoms with Crippen LogP contribution in [0.2, 0.25) is 0 Å². The fraction of sp³-hybridized carbons (Fsp3) is 0.375. The molecule has 0 heterocycles. The fourth-order valence-electron chi connectivity index (χ4n) is 3.93. The summed E-state index contributed by atoms with van der Waals surface area (Å²) >= 11 is 0. The average Bonchev–Trinajstić information content (AvgIpc) is 3.11. The first kappa shape index (κ1) is 24.4. The van der Waals surface area contributed by atoms with E-state index >= 15 is 0 Å². The minimum atomic E-state index is -1.07. The highest BCUT2D eigenvalue weighted by atomic mass is 32.2. The summed E-state index contributed by atoms with van der Waals surface area (Å²) in [6.45, 7) is 0.379. The van der Waals surface area contributed by atoms with Gasteiger partial charge in [-0.1, -0.05) is 48.5 Å². The van der Waals surface area contributed by atoms with Crippen molar-refractivity contribution < 1.29 is 28.4 Å². The highest BCUT2D eigenvalue weighted by Crippen LogP contribution is 2.44. The lowest BCUT2D eigenvalue weighted by molar-refractivity contribution is -0.137. The molecule has 0 bridgehead atoms. The third-order valence-electron chi connectivity index (χ3n) is 5.51. The maximum atomic E-state index is 12.5. The molecule has 2 aromatic carbocycles. The number of hydrogen-bond acceptors (Lipinski definition) is 5. The lowest BCUT2D eigenvalue weighted by Gasteiger charge is -2.19. The van der Waals surface area contributed by atoms with Crippen LogP contribution in [0.5, 0.6) is 0 Å². The van der Waals surface area contributed by atoms with Crippen LogP contribution in [-0.4, -0.2) is 58.5 Å². The second-order valence-corrected chi connectivity index (χ2v) is 9.43. The number of benzene rings is 2. The summed E-state index contributed by atoms with van der Waals surface area (Å²) in [6, 6.07) is 14.9. The molecule has 8 nitrogen and oxygen atoms in total. The number of carboxylic acid groups (broad SMARTS) is 1. The summed E-state index contributed by atoms with van der Waals surface area (Å²) in [5, 5.41) is 14.1. The molecule has 0 aliphatic heterocycles. The maximum absolute atomic E-state index is 12.5. The summed E-state index contributed by atoms with van der Waals surface area (Å²) in [4.78, 5) is 35.9. The molecule has 3 N–H and O–H groups in total. The summed E-state index contributed by atoms with van der Waals surface area (Å²) in [6.07, 6.45) is 0.977. The minimum absolute atomic E-state index is 0.0644. The third-order valence-corrected chi connectivity index (χ3v) is 6.37. The number of carboxylic acids is 1. The van der Waals surface area contributed by atoms with Gasteiger partial charge in [0.15, 0.2) is 0 Å². The van der Waals surface area contributed by atoms with Crippen LogP contribution in [0.1, 0.15) is 36.3 Å². The number of aliphatic carboxylic acids is 1. The number of fused-ring (bicyclic) bond motifs is 3. The summed E-state index contributed by atoms with van der Waals surface area (Å²) in [5.41, 5.74) is 4.35. The fourth-order valence-corrected chi connectivity index (χ4v) is 4.48. The number of rotatable bonds is 11. The minimum Gasteiger partial charge on any atom is -0.481 e. The van der Waals surface area contributed by atoms with E-state index in [0.29, 0.717) is 12.2 Å². The van der Waals surface area contributed by atoms with E-state index in [2.05, 4.69) is 10.6 Å². The van der Waals surface area contributed by atoms with Gasteiger partial charge in [0.25, 0.3) is 0 Å². The Labute approximate surface area is 195 Å². The van der Waals surface area contributed by atoms with Crippen LogP contribution < -0.4 is 10.6 Å². The van der Waals surface area contributed by atoms with Crippen molar-refractivity contribution >= 4 is 28.8 Å². The average molecular weight is 473 g/mol. The molecule has 0 radical (unpaired) electrons. The first-order chi connectivity index (χ1) is 15.9. The van der Waals surface area contributed by atoms with E-state index in [-0.39, 0.29) is 31.9 Å². The van der Waals surface area contributed by atoms with E-state index in [9.17, 15) is 18.6 Å². The second kappa shape index (κ2) is 11.6. The Morgan fingerprint density at radius 1 is 1.06 bits per heavy atom. The van der Waals surface area contributed by atoms with Gasteiger partial charge in [0.1, 0.15) is 12.6 Å². The summed E-state index contributed by atoms with van der Waals surface area (Å²) in [5.74, 6) is -1.24. The van der Waals surface area contributed by atoms with Crippen LogP contribution in [0.25, 0.3) is 11.1 Å². The van der Waals surface area contributed by atoms with Crippen molar-refractivity contribution in [3.63, 3.8) is 0 Å². The molecule has 0 saturated carbocycles. The zero-order valence-electron chi connectivity index (χ0n) is 18.4. The van der Waals surface area contributed by atoms with Crippen LogP contribution >= 0.6 is 0 Å². The van der Waals surface area contributed by atoms with Crippen LogP contribution in [0.15, 0.2) is 48.5 Å². The summed E-state index contributed by atoms with van der Waals surface area (Å²) in [7, 11) is -0.964. The van der Waals surface area contributed by atoms with Crippen molar-refractivity contribution in [3.05, 3.63) is 59.7 Å². The summed E-state index contributed by atoms with van der Waals surface area (Å²) < 4.78 is 16.6. The van der Waals surface area contributed by atoms with E-state index in [4.69, 9.17) is 9.84 Å². The Morgan fingerprint density at radius 3 is 2.24 bits per heavy atom. The number of nitrogens with one attached hydrogen (secondary N) is 2. The molecule has 1 aliphatic carbocycles. The van der Waals surface area contributed by atoms with E-state index in [0.717, 1.165) is 22.3 Å². The molecular formula is C24H28N2O6S. The van der Waals surface area contributed by atoms with E-state index < -0.39 is 34.8 Å². The molecular weight excluding hydrogens is 444 g/mol. The highest BCUT2D eigenvalue weighted by molar-refractivity contribution is 7.84. The Kier molecular flexibility index (Phi) is 8.59. The van der Waals surface area contributed by atoms with Crippen LogP contribution in [0.4, 0.5) is 4.79 Å². The van der Waals surface area contributed by atoms with Gasteiger partial charge < -0.3 is 20.5 Å². The van der Waals surface area contributed by atoms with Crippen molar-refractivity contribution in [2.75, 3.05) is 25.2 Å². The standard InChI is InChI=1S/C24H28N2O6S/c1-33(31)14-6-13-25-23(29)21(11-12-22(27)28)26-24(30)32-15-20-18-9-4-2-7-16(18)17-8-3-5-10-19(17)20/h2-5,7-10,20-21H,6,11-15H2,1H3,(H,25,29)(H,26,30)(H,27,28). The van der Waals surface area contributed by atoms with Crippen LogP contribution in [0.3, 0.4) is 0 Å². The number of carbonyl (C=O) groups is 3. The lowest BCUT2D eigenvalue weighted by atomic mass is 9.98. The van der Waals surface area contributed by atoms with Crippen molar-refractivity contribution in [3.8, 4) is 11.1 Å². The molecule has 0 fully saturated rings. The number of alkyl carbamates (subject to hydrolysis) is 1. The van der Waals surface area contributed by atoms with Crippen molar-refractivity contribution in [1.29, 1.82) is 0 Å². The van der Waals surface area contributed by atoms with Crippen LogP contribution in [0, 0.1) is 0 Å². The van der Waals surface area contributed by atoms with Gasteiger partial charge >= 0.3 is 12.1 Å². The molecule has 2 atom stereocenters. The topological polar surface area (TPSA) is 122 Å². The van der Waals surface area contributed by atoms with Crippen molar-refractivity contribution in [2.45, 2.75) is 31.2 Å². The van der Waals surface area contributed by atoms with Crippen LogP contribution in [-0.2, 0) is 25.1 Å². The zero-order chi connectivity index (χ0) is 23.8. The Balaban J connectivity index is 1.60. The zero-order valence-corrected chi connectivity index (χ0v) is 19.2. The number of hydrogen-bond donors (Lipinski definition) is 3.